The van der Waals surface area contributed by atoms with Gasteiger partial charge in [-0.2, -0.15) is 0 Å². The third-order valence-electron chi connectivity index (χ3n) is 3.15. The maximum Gasteiger partial charge on any atom is 0.0632 e. The SMILES string of the molecule is CCCCc1ccc2c(c1)C(Br)COCC2. The number of fused-ring (bicyclic) bond motifs is 1. The van der Waals surface area contributed by atoms with E-state index in [-0.39, 0.29) is 0 Å². The van der Waals surface area contributed by atoms with Gasteiger partial charge in [0.25, 0.3) is 0 Å². The lowest BCUT2D eigenvalue weighted by Gasteiger charge is -2.12. The molecule has 2 rings (SSSR count). The minimum atomic E-state index is 0.367. The Bertz CT molecular complexity index is 349. The second kappa shape index (κ2) is 5.83. The zero-order valence-electron chi connectivity index (χ0n) is 9.84. The molecule has 0 saturated heterocycles. The number of unbranched alkanes of at least 4 members (excludes halogenated alkanes) is 1. The number of ether oxygens (including phenoxy) is 1. The van der Waals surface area contributed by atoms with Crippen molar-refractivity contribution in [3.8, 4) is 0 Å². The van der Waals surface area contributed by atoms with Crippen molar-refractivity contribution in [3.63, 3.8) is 0 Å². The van der Waals surface area contributed by atoms with Crippen LogP contribution in [0, 0.1) is 0 Å². The van der Waals surface area contributed by atoms with E-state index in [2.05, 4.69) is 41.1 Å². The molecular formula is C14H19BrO. The van der Waals surface area contributed by atoms with Crippen LogP contribution < -0.4 is 0 Å². The minimum Gasteiger partial charge on any atom is -0.380 e. The van der Waals surface area contributed by atoms with Crippen molar-refractivity contribution < 1.29 is 4.74 Å². The van der Waals surface area contributed by atoms with Crippen LogP contribution in [0.3, 0.4) is 0 Å². The highest BCUT2D eigenvalue weighted by Crippen LogP contribution is 2.30. The molecule has 0 amide bonds. The Kier molecular flexibility index (Phi) is 4.42. The summed E-state index contributed by atoms with van der Waals surface area (Å²) < 4.78 is 5.56. The first-order chi connectivity index (χ1) is 7.81. The van der Waals surface area contributed by atoms with Gasteiger partial charge in [-0.25, -0.2) is 0 Å². The maximum absolute atomic E-state index is 5.56. The van der Waals surface area contributed by atoms with E-state index in [9.17, 15) is 0 Å². The fourth-order valence-corrected chi connectivity index (χ4v) is 2.77. The Hall–Kier alpha value is -0.340. The molecular weight excluding hydrogens is 264 g/mol. The van der Waals surface area contributed by atoms with Gasteiger partial charge in [-0.15, -0.1) is 0 Å². The highest BCUT2D eigenvalue weighted by molar-refractivity contribution is 9.09. The van der Waals surface area contributed by atoms with Crippen LogP contribution in [0.5, 0.6) is 0 Å². The smallest absolute Gasteiger partial charge is 0.0632 e. The highest BCUT2D eigenvalue weighted by atomic mass is 79.9. The lowest BCUT2D eigenvalue weighted by Crippen LogP contribution is -1.99. The van der Waals surface area contributed by atoms with Crippen LogP contribution in [-0.2, 0) is 17.6 Å². The van der Waals surface area contributed by atoms with Crippen LogP contribution in [0.4, 0.5) is 0 Å². The molecule has 0 bridgehead atoms. The van der Waals surface area contributed by atoms with Gasteiger partial charge < -0.3 is 4.74 Å². The van der Waals surface area contributed by atoms with Crippen LogP contribution in [0.25, 0.3) is 0 Å². The van der Waals surface area contributed by atoms with E-state index >= 15 is 0 Å². The predicted molar refractivity (Wildman–Crippen MR) is 71.2 cm³/mol. The molecule has 2 heteroatoms. The molecule has 0 N–H and O–H groups in total. The number of aryl methyl sites for hydroxylation is 1. The Labute approximate surface area is 106 Å². The molecule has 0 radical (unpaired) electrons. The van der Waals surface area contributed by atoms with Crippen molar-refractivity contribution in [2.45, 2.75) is 37.4 Å². The van der Waals surface area contributed by atoms with Gasteiger partial charge in [0.2, 0.25) is 0 Å². The lowest BCUT2D eigenvalue weighted by molar-refractivity contribution is 0.146. The molecule has 1 aliphatic heterocycles. The van der Waals surface area contributed by atoms with Crippen LogP contribution >= 0.6 is 15.9 Å². The summed E-state index contributed by atoms with van der Waals surface area (Å²) in [5, 5.41) is 0. The second-order valence-electron chi connectivity index (χ2n) is 4.43. The van der Waals surface area contributed by atoms with Gasteiger partial charge in [0.15, 0.2) is 0 Å². The van der Waals surface area contributed by atoms with E-state index in [0.29, 0.717) is 4.83 Å². The summed E-state index contributed by atoms with van der Waals surface area (Å²) in [6.07, 6.45) is 4.79. The van der Waals surface area contributed by atoms with E-state index in [1.54, 1.807) is 0 Å². The number of hydrogen-bond donors (Lipinski definition) is 0. The summed E-state index contributed by atoms with van der Waals surface area (Å²) in [6.45, 7) is 3.89. The first-order valence-corrected chi connectivity index (χ1v) is 7.06. The van der Waals surface area contributed by atoms with Crippen molar-refractivity contribution in [1.29, 1.82) is 0 Å². The third-order valence-corrected chi connectivity index (χ3v) is 3.90. The van der Waals surface area contributed by atoms with Crippen LogP contribution in [-0.4, -0.2) is 13.2 Å². The molecule has 1 aromatic carbocycles. The Morgan fingerprint density at radius 1 is 1.44 bits per heavy atom. The fourth-order valence-electron chi connectivity index (χ4n) is 2.16. The molecule has 1 aromatic rings. The number of rotatable bonds is 3. The lowest BCUT2D eigenvalue weighted by atomic mass is 9.98. The van der Waals surface area contributed by atoms with Crippen molar-refractivity contribution in [3.05, 3.63) is 34.9 Å². The molecule has 0 aromatic heterocycles. The molecule has 0 fully saturated rings. The zero-order valence-corrected chi connectivity index (χ0v) is 11.4. The van der Waals surface area contributed by atoms with Crippen LogP contribution in [0.2, 0.25) is 0 Å². The summed E-state index contributed by atoms with van der Waals surface area (Å²) in [4.78, 5) is 0.367. The van der Waals surface area contributed by atoms with Crippen molar-refractivity contribution in [1.82, 2.24) is 0 Å². The second-order valence-corrected chi connectivity index (χ2v) is 5.53. The molecule has 1 aliphatic rings. The van der Waals surface area contributed by atoms with Gasteiger partial charge >= 0.3 is 0 Å². The molecule has 1 atom stereocenters. The molecule has 16 heavy (non-hydrogen) atoms. The number of hydrogen-bond acceptors (Lipinski definition) is 1. The van der Waals surface area contributed by atoms with Gasteiger partial charge in [-0.3, -0.25) is 0 Å². The molecule has 88 valence electrons. The van der Waals surface area contributed by atoms with Crippen molar-refractivity contribution in [2.24, 2.45) is 0 Å². The first kappa shape index (κ1) is 12.1. The zero-order chi connectivity index (χ0) is 11.4. The van der Waals surface area contributed by atoms with Crippen LogP contribution in [0.1, 0.15) is 41.3 Å². The van der Waals surface area contributed by atoms with Gasteiger partial charge in [0.1, 0.15) is 0 Å². The third kappa shape index (κ3) is 2.86. The highest BCUT2D eigenvalue weighted by Gasteiger charge is 2.16. The summed E-state index contributed by atoms with van der Waals surface area (Å²) in [5.74, 6) is 0. The maximum atomic E-state index is 5.56. The number of alkyl halides is 1. The summed E-state index contributed by atoms with van der Waals surface area (Å²) in [7, 11) is 0. The van der Waals surface area contributed by atoms with E-state index in [4.69, 9.17) is 4.74 Å². The quantitative estimate of drug-likeness (QED) is 0.761. The van der Waals surface area contributed by atoms with Gasteiger partial charge in [-0.1, -0.05) is 47.5 Å². The monoisotopic (exact) mass is 282 g/mol. The van der Waals surface area contributed by atoms with E-state index in [0.717, 1.165) is 19.6 Å². The Morgan fingerprint density at radius 3 is 3.12 bits per heavy atom. The normalized spacial score (nSPS) is 20.2. The van der Waals surface area contributed by atoms with Crippen LogP contribution in [0.15, 0.2) is 18.2 Å². The van der Waals surface area contributed by atoms with E-state index < -0.39 is 0 Å². The Morgan fingerprint density at radius 2 is 2.31 bits per heavy atom. The summed E-state index contributed by atoms with van der Waals surface area (Å²) in [5.41, 5.74) is 4.35. The molecule has 0 spiro atoms. The topological polar surface area (TPSA) is 9.23 Å². The van der Waals surface area contributed by atoms with E-state index in [1.165, 1.54) is 36.0 Å². The van der Waals surface area contributed by atoms with Crippen molar-refractivity contribution >= 4 is 15.9 Å². The average molecular weight is 283 g/mol. The summed E-state index contributed by atoms with van der Waals surface area (Å²) in [6, 6.07) is 6.92. The average Bonchev–Trinajstić information content (AvgIpc) is 2.49. The molecule has 1 unspecified atom stereocenters. The van der Waals surface area contributed by atoms with Crippen molar-refractivity contribution in [2.75, 3.05) is 13.2 Å². The number of halogens is 1. The molecule has 1 nitrogen and oxygen atoms in total. The van der Waals surface area contributed by atoms with Gasteiger partial charge in [0.05, 0.1) is 18.0 Å². The molecule has 0 saturated carbocycles. The largest absolute Gasteiger partial charge is 0.380 e. The summed E-state index contributed by atoms with van der Waals surface area (Å²) >= 11 is 3.71. The first-order valence-electron chi connectivity index (χ1n) is 6.14. The fraction of sp³-hybridized carbons (Fsp3) is 0.571. The molecule has 0 aliphatic carbocycles. The minimum absolute atomic E-state index is 0.367. The number of benzene rings is 1. The predicted octanol–water partition coefficient (Wildman–Crippen LogP) is 4.04. The van der Waals surface area contributed by atoms with Gasteiger partial charge in [0, 0.05) is 0 Å². The van der Waals surface area contributed by atoms with Gasteiger partial charge in [-0.05, 0) is 36.0 Å². The standard InChI is InChI=1S/C14H19BrO/c1-2-3-4-11-5-6-12-7-8-16-10-14(15)13(12)9-11/h5-6,9,14H,2-4,7-8,10H2,1H3. The van der Waals surface area contributed by atoms with E-state index in [1.807, 2.05) is 0 Å². The Balaban J connectivity index is 2.21. The molecule has 1 heterocycles.